The van der Waals surface area contributed by atoms with Crippen molar-refractivity contribution in [3.05, 3.63) is 58.3 Å². The zero-order chi connectivity index (χ0) is 21.4. The molecule has 3 aromatic heterocycles. The Morgan fingerprint density at radius 3 is 2.61 bits per heavy atom. The van der Waals surface area contributed by atoms with Crippen molar-refractivity contribution in [1.82, 2.24) is 29.9 Å². The van der Waals surface area contributed by atoms with E-state index >= 15 is 0 Å². The van der Waals surface area contributed by atoms with Crippen LogP contribution in [0.4, 0.5) is 17.8 Å². The molecule has 0 atom stereocenters. The molecule has 0 amide bonds. The summed E-state index contributed by atoms with van der Waals surface area (Å²) in [4.78, 5) is 39.9. The van der Waals surface area contributed by atoms with Gasteiger partial charge < -0.3 is 4.90 Å². The van der Waals surface area contributed by atoms with Crippen LogP contribution in [0.15, 0.2) is 41.3 Å². The zero-order valence-electron chi connectivity index (χ0n) is 17.4. The van der Waals surface area contributed by atoms with Crippen molar-refractivity contribution in [2.45, 2.75) is 26.7 Å². The van der Waals surface area contributed by atoms with Crippen LogP contribution in [0.2, 0.25) is 0 Å². The largest absolute Gasteiger partial charge is 0.341 e. The Balaban J connectivity index is 1.48. The third kappa shape index (κ3) is 3.81. The minimum absolute atomic E-state index is 0.264. The van der Waals surface area contributed by atoms with E-state index in [9.17, 15) is 4.79 Å². The summed E-state index contributed by atoms with van der Waals surface area (Å²) in [6, 6.07) is 9.22. The number of aromatic amines is 1. The molecule has 0 bridgehead atoms. The van der Waals surface area contributed by atoms with E-state index in [2.05, 4.69) is 40.1 Å². The number of benzene rings is 1. The number of aryl methyl sites for hydroxylation is 2. The van der Waals surface area contributed by atoms with Crippen LogP contribution in [0, 0.1) is 13.8 Å². The average Bonchev–Trinajstić information content (AvgIpc) is 3.28. The van der Waals surface area contributed by atoms with E-state index in [-0.39, 0.29) is 11.5 Å². The number of hydrogen-bond acceptors (Lipinski definition) is 8. The molecule has 31 heavy (non-hydrogen) atoms. The van der Waals surface area contributed by atoms with Crippen molar-refractivity contribution >= 4 is 28.7 Å². The van der Waals surface area contributed by atoms with Gasteiger partial charge in [0.25, 0.3) is 5.56 Å². The van der Waals surface area contributed by atoms with Gasteiger partial charge in [-0.15, -0.1) is 0 Å². The maximum Gasteiger partial charge on any atom is 0.252 e. The summed E-state index contributed by atoms with van der Waals surface area (Å²) in [5, 5.41) is 4.01. The van der Waals surface area contributed by atoms with Gasteiger partial charge in [0.1, 0.15) is 0 Å². The molecule has 1 fully saturated rings. The van der Waals surface area contributed by atoms with Crippen LogP contribution < -0.4 is 15.8 Å². The number of para-hydroxylation sites is 1. The quantitative estimate of drug-likeness (QED) is 0.524. The summed E-state index contributed by atoms with van der Waals surface area (Å²) in [6.07, 6.45) is 4.05. The van der Waals surface area contributed by atoms with E-state index in [4.69, 9.17) is 0 Å². The SMILES string of the molecule is Cc1nc(N2CCCC2)ncc1-c1cc(=O)[nH]c(Nc2nc(C)c3ccccc3n2)n1. The molecule has 0 aliphatic carbocycles. The number of rotatable bonds is 4. The van der Waals surface area contributed by atoms with Gasteiger partial charge in [0.15, 0.2) is 0 Å². The summed E-state index contributed by atoms with van der Waals surface area (Å²) in [5.41, 5.74) is 3.36. The minimum Gasteiger partial charge on any atom is -0.341 e. The molecule has 0 radical (unpaired) electrons. The molecular weight excluding hydrogens is 392 g/mol. The summed E-state index contributed by atoms with van der Waals surface area (Å²) >= 11 is 0. The molecule has 1 aliphatic rings. The van der Waals surface area contributed by atoms with E-state index < -0.39 is 0 Å². The predicted molar refractivity (Wildman–Crippen MR) is 120 cm³/mol. The third-order valence-electron chi connectivity index (χ3n) is 5.40. The second kappa shape index (κ2) is 7.75. The Kier molecular flexibility index (Phi) is 4.78. The van der Waals surface area contributed by atoms with Gasteiger partial charge in [-0.05, 0) is 32.8 Å². The van der Waals surface area contributed by atoms with Crippen LogP contribution in [-0.4, -0.2) is 43.0 Å². The Morgan fingerprint density at radius 1 is 1.00 bits per heavy atom. The van der Waals surface area contributed by atoms with E-state index in [1.54, 1.807) is 6.20 Å². The van der Waals surface area contributed by atoms with Gasteiger partial charge in [-0.3, -0.25) is 15.1 Å². The number of anilines is 3. The lowest BCUT2D eigenvalue weighted by Gasteiger charge is -2.16. The van der Waals surface area contributed by atoms with E-state index in [0.717, 1.165) is 54.2 Å². The second-order valence-corrected chi connectivity index (χ2v) is 7.62. The molecule has 0 saturated carbocycles. The highest BCUT2D eigenvalue weighted by atomic mass is 16.1. The molecule has 156 valence electrons. The molecule has 5 rings (SSSR count). The fraction of sp³-hybridized carbons (Fsp3) is 0.273. The Labute approximate surface area is 178 Å². The third-order valence-corrected chi connectivity index (χ3v) is 5.40. The van der Waals surface area contributed by atoms with Crippen LogP contribution in [0.25, 0.3) is 22.2 Å². The molecule has 9 nitrogen and oxygen atoms in total. The van der Waals surface area contributed by atoms with Gasteiger partial charge in [-0.2, -0.15) is 0 Å². The van der Waals surface area contributed by atoms with Crippen LogP contribution in [0.1, 0.15) is 24.2 Å². The number of nitrogens with zero attached hydrogens (tertiary/aromatic N) is 6. The molecular formula is C22H22N8O. The van der Waals surface area contributed by atoms with Crippen molar-refractivity contribution in [1.29, 1.82) is 0 Å². The second-order valence-electron chi connectivity index (χ2n) is 7.62. The number of H-pyrrole nitrogens is 1. The predicted octanol–water partition coefficient (Wildman–Crippen LogP) is 3.13. The van der Waals surface area contributed by atoms with Gasteiger partial charge in [-0.25, -0.2) is 24.9 Å². The summed E-state index contributed by atoms with van der Waals surface area (Å²) in [5.74, 6) is 1.36. The molecule has 4 aromatic rings. The smallest absolute Gasteiger partial charge is 0.252 e. The van der Waals surface area contributed by atoms with E-state index in [1.165, 1.54) is 6.07 Å². The topological polar surface area (TPSA) is 113 Å². The van der Waals surface area contributed by atoms with Gasteiger partial charge >= 0.3 is 0 Å². The molecule has 2 N–H and O–H groups in total. The minimum atomic E-state index is -0.284. The number of fused-ring (bicyclic) bond motifs is 1. The Morgan fingerprint density at radius 2 is 1.81 bits per heavy atom. The van der Waals surface area contributed by atoms with Gasteiger partial charge in [0, 0.05) is 36.3 Å². The summed E-state index contributed by atoms with van der Waals surface area (Å²) in [7, 11) is 0. The molecule has 1 aromatic carbocycles. The van der Waals surface area contributed by atoms with Crippen LogP contribution in [0.3, 0.4) is 0 Å². The van der Waals surface area contributed by atoms with Crippen molar-refractivity contribution < 1.29 is 0 Å². The first kappa shape index (κ1) is 19.1. The van der Waals surface area contributed by atoms with Crippen molar-refractivity contribution in [3.8, 4) is 11.3 Å². The van der Waals surface area contributed by atoms with E-state index in [0.29, 0.717) is 17.2 Å². The van der Waals surface area contributed by atoms with Gasteiger partial charge in [-0.1, -0.05) is 18.2 Å². The average molecular weight is 414 g/mol. The zero-order valence-corrected chi connectivity index (χ0v) is 17.4. The normalized spacial score (nSPS) is 13.7. The fourth-order valence-electron chi connectivity index (χ4n) is 3.83. The number of hydrogen-bond donors (Lipinski definition) is 2. The highest BCUT2D eigenvalue weighted by Gasteiger charge is 2.17. The van der Waals surface area contributed by atoms with Crippen LogP contribution in [-0.2, 0) is 0 Å². The molecule has 0 spiro atoms. The lowest BCUT2D eigenvalue weighted by atomic mass is 10.2. The summed E-state index contributed by atoms with van der Waals surface area (Å²) in [6.45, 7) is 5.77. The highest BCUT2D eigenvalue weighted by Crippen LogP contribution is 2.23. The molecule has 1 aliphatic heterocycles. The van der Waals surface area contributed by atoms with Crippen molar-refractivity contribution in [2.75, 3.05) is 23.3 Å². The molecule has 1 saturated heterocycles. The lowest BCUT2D eigenvalue weighted by Crippen LogP contribution is -2.21. The fourth-order valence-corrected chi connectivity index (χ4v) is 3.83. The summed E-state index contributed by atoms with van der Waals surface area (Å²) < 4.78 is 0. The number of nitrogens with one attached hydrogen (secondary N) is 2. The van der Waals surface area contributed by atoms with Gasteiger partial charge in [0.2, 0.25) is 17.8 Å². The molecule has 0 unspecified atom stereocenters. The lowest BCUT2D eigenvalue weighted by molar-refractivity contribution is 0.889. The standard InChI is InChI=1S/C22H22N8O/c1-13-15-7-3-4-8-17(15)26-20(24-13)29-21-27-18(11-19(31)28-21)16-12-23-22(25-14(16)2)30-9-5-6-10-30/h3-4,7-8,11-12H,5-6,9-10H2,1-2H3,(H2,24,26,27,28,29,31). The first-order valence-electron chi connectivity index (χ1n) is 10.3. The van der Waals surface area contributed by atoms with Gasteiger partial charge in [0.05, 0.1) is 22.6 Å². The Hall–Kier alpha value is -3.88. The molecule has 4 heterocycles. The van der Waals surface area contributed by atoms with Crippen molar-refractivity contribution in [2.24, 2.45) is 0 Å². The maximum atomic E-state index is 12.3. The first-order chi connectivity index (χ1) is 15.1. The van der Waals surface area contributed by atoms with E-state index in [1.807, 2.05) is 38.1 Å². The molecule has 9 heteroatoms. The Bertz CT molecular complexity index is 1330. The highest BCUT2D eigenvalue weighted by molar-refractivity contribution is 5.81. The first-order valence-corrected chi connectivity index (χ1v) is 10.3. The van der Waals surface area contributed by atoms with Crippen LogP contribution in [0.5, 0.6) is 0 Å². The van der Waals surface area contributed by atoms with Crippen molar-refractivity contribution in [3.63, 3.8) is 0 Å². The monoisotopic (exact) mass is 414 g/mol. The van der Waals surface area contributed by atoms with Crippen LogP contribution >= 0.6 is 0 Å². The maximum absolute atomic E-state index is 12.3. The number of aromatic nitrogens is 6.